The minimum atomic E-state index is 0.299. The summed E-state index contributed by atoms with van der Waals surface area (Å²) in [6.45, 7) is 4.05. The summed E-state index contributed by atoms with van der Waals surface area (Å²) in [5, 5.41) is 0. The number of halogens is 1. The first kappa shape index (κ1) is 11.7. The van der Waals surface area contributed by atoms with Gasteiger partial charge in [-0.2, -0.15) is 0 Å². The molecule has 0 bridgehead atoms. The van der Waals surface area contributed by atoms with E-state index in [1.54, 1.807) is 0 Å². The average Bonchev–Trinajstić information content (AvgIpc) is 2.19. The second kappa shape index (κ2) is 6.17. The van der Waals surface area contributed by atoms with Crippen LogP contribution in [0.15, 0.2) is 28.7 Å². The molecule has 14 heavy (non-hydrogen) atoms. The van der Waals surface area contributed by atoms with E-state index in [1.165, 1.54) is 5.56 Å². The fraction of sp³-hybridized carbons (Fsp3) is 0.455. The maximum atomic E-state index is 5.70. The number of ether oxygens (including phenoxy) is 1. The molecule has 0 aromatic heterocycles. The lowest BCUT2D eigenvalue weighted by Gasteiger charge is -2.15. The summed E-state index contributed by atoms with van der Waals surface area (Å²) in [6, 6.07) is 8.21. The Morgan fingerprint density at radius 1 is 1.50 bits per heavy atom. The zero-order valence-electron chi connectivity index (χ0n) is 8.37. The molecule has 0 aliphatic heterocycles. The predicted molar refractivity (Wildman–Crippen MR) is 62.4 cm³/mol. The van der Waals surface area contributed by atoms with E-state index in [1.807, 2.05) is 19.1 Å². The Kier molecular flexibility index (Phi) is 5.15. The van der Waals surface area contributed by atoms with Gasteiger partial charge in [0.15, 0.2) is 0 Å². The van der Waals surface area contributed by atoms with Gasteiger partial charge < -0.3 is 10.5 Å². The summed E-state index contributed by atoms with van der Waals surface area (Å²) < 4.78 is 6.47. The highest BCUT2D eigenvalue weighted by Gasteiger charge is 2.09. The zero-order valence-corrected chi connectivity index (χ0v) is 9.96. The van der Waals surface area contributed by atoms with Crippen molar-refractivity contribution in [2.24, 2.45) is 5.73 Å². The van der Waals surface area contributed by atoms with E-state index in [9.17, 15) is 0 Å². The summed E-state index contributed by atoms with van der Waals surface area (Å²) in [4.78, 5) is 0. The molecule has 2 nitrogen and oxygen atoms in total. The van der Waals surface area contributed by atoms with Gasteiger partial charge in [0, 0.05) is 23.5 Å². The van der Waals surface area contributed by atoms with E-state index in [2.05, 4.69) is 28.1 Å². The van der Waals surface area contributed by atoms with Crippen LogP contribution in [0.3, 0.4) is 0 Å². The van der Waals surface area contributed by atoms with Crippen molar-refractivity contribution in [3.8, 4) is 0 Å². The Bertz CT molecular complexity index is 278. The van der Waals surface area contributed by atoms with Gasteiger partial charge >= 0.3 is 0 Å². The van der Waals surface area contributed by atoms with Crippen LogP contribution in [0.4, 0.5) is 0 Å². The van der Waals surface area contributed by atoms with Crippen LogP contribution in [0.25, 0.3) is 0 Å². The van der Waals surface area contributed by atoms with Crippen molar-refractivity contribution in [3.63, 3.8) is 0 Å². The fourth-order valence-electron chi connectivity index (χ4n) is 1.32. The molecule has 0 radical (unpaired) electrons. The van der Waals surface area contributed by atoms with Crippen LogP contribution >= 0.6 is 15.9 Å². The van der Waals surface area contributed by atoms with Gasteiger partial charge in [0.2, 0.25) is 0 Å². The molecule has 0 spiro atoms. The van der Waals surface area contributed by atoms with Crippen molar-refractivity contribution in [3.05, 3.63) is 34.3 Å². The fourth-order valence-corrected chi connectivity index (χ4v) is 1.74. The van der Waals surface area contributed by atoms with E-state index in [0.29, 0.717) is 19.1 Å². The second-order valence-corrected chi connectivity index (χ2v) is 4.06. The molecule has 78 valence electrons. The Hall–Kier alpha value is -0.380. The van der Waals surface area contributed by atoms with Gasteiger partial charge in [0.25, 0.3) is 0 Å². The van der Waals surface area contributed by atoms with Crippen molar-refractivity contribution in [2.45, 2.75) is 12.8 Å². The number of hydrogen-bond acceptors (Lipinski definition) is 2. The third kappa shape index (κ3) is 3.40. The third-order valence-corrected chi connectivity index (χ3v) is 2.62. The van der Waals surface area contributed by atoms with Gasteiger partial charge in [0.1, 0.15) is 0 Å². The maximum absolute atomic E-state index is 5.70. The van der Waals surface area contributed by atoms with Crippen molar-refractivity contribution in [1.29, 1.82) is 0 Å². The third-order valence-electron chi connectivity index (χ3n) is 2.13. The molecule has 0 aliphatic rings. The summed E-state index contributed by atoms with van der Waals surface area (Å²) in [5.41, 5.74) is 6.93. The maximum Gasteiger partial charge on any atom is 0.0546 e. The summed E-state index contributed by atoms with van der Waals surface area (Å²) >= 11 is 3.45. The van der Waals surface area contributed by atoms with Crippen LogP contribution in [0.5, 0.6) is 0 Å². The van der Waals surface area contributed by atoms with Crippen molar-refractivity contribution in [1.82, 2.24) is 0 Å². The quantitative estimate of drug-likeness (QED) is 0.880. The SMILES string of the molecule is CCOCC(CN)c1cccc(Br)c1. The number of benzene rings is 1. The molecule has 2 N–H and O–H groups in total. The van der Waals surface area contributed by atoms with Crippen molar-refractivity contribution >= 4 is 15.9 Å². The molecular weight excluding hydrogens is 242 g/mol. The van der Waals surface area contributed by atoms with Gasteiger partial charge in [0.05, 0.1) is 6.61 Å². The molecule has 3 heteroatoms. The highest BCUT2D eigenvalue weighted by Crippen LogP contribution is 2.19. The molecule has 0 fully saturated rings. The number of nitrogens with two attached hydrogens (primary N) is 1. The normalized spacial score (nSPS) is 12.8. The molecule has 1 unspecified atom stereocenters. The first-order chi connectivity index (χ1) is 6.77. The molecular formula is C11H16BrNO. The van der Waals surface area contributed by atoms with Crippen LogP contribution in [0, 0.1) is 0 Å². The highest BCUT2D eigenvalue weighted by atomic mass is 79.9. The molecule has 1 aromatic rings. The Morgan fingerprint density at radius 3 is 2.86 bits per heavy atom. The van der Waals surface area contributed by atoms with Gasteiger partial charge in [-0.05, 0) is 24.6 Å². The van der Waals surface area contributed by atoms with E-state index >= 15 is 0 Å². The highest BCUT2D eigenvalue weighted by molar-refractivity contribution is 9.10. The molecule has 0 amide bonds. The van der Waals surface area contributed by atoms with E-state index in [-0.39, 0.29) is 0 Å². The minimum absolute atomic E-state index is 0.299. The van der Waals surface area contributed by atoms with E-state index in [4.69, 9.17) is 10.5 Å². The van der Waals surface area contributed by atoms with Gasteiger partial charge in [-0.15, -0.1) is 0 Å². The van der Waals surface area contributed by atoms with Gasteiger partial charge in [-0.3, -0.25) is 0 Å². The Labute approximate surface area is 93.6 Å². The van der Waals surface area contributed by atoms with Crippen LogP contribution in [-0.4, -0.2) is 19.8 Å². The average molecular weight is 258 g/mol. The standard InChI is InChI=1S/C11H16BrNO/c1-2-14-8-10(7-13)9-4-3-5-11(12)6-9/h3-6,10H,2,7-8,13H2,1H3. The molecule has 0 saturated carbocycles. The molecule has 0 heterocycles. The van der Waals surface area contributed by atoms with E-state index in [0.717, 1.165) is 11.1 Å². The lowest BCUT2D eigenvalue weighted by atomic mass is 10.0. The van der Waals surface area contributed by atoms with Gasteiger partial charge in [-0.25, -0.2) is 0 Å². The molecule has 0 aliphatic carbocycles. The van der Waals surface area contributed by atoms with Gasteiger partial charge in [-0.1, -0.05) is 28.1 Å². The summed E-state index contributed by atoms with van der Waals surface area (Å²) in [6.07, 6.45) is 0. The smallest absolute Gasteiger partial charge is 0.0546 e. The van der Waals surface area contributed by atoms with Crippen LogP contribution in [0.1, 0.15) is 18.4 Å². The molecule has 1 aromatic carbocycles. The molecule has 1 rings (SSSR count). The lowest BCUT2D eigenvalue weighted by Crippen LogP contribution is -2.18. The van der Waals surface area contributed by atoms with Crippen LogP contribution in [0.2, 0.25) is 0 Å². The van der Waals surface area contributed by atoms with Crippen LogP contribution in [-0.2, 0) is 4.74 Å². The lowest BCUT2D eigenvalue weighted by molar-refractivity contribution is 0.134. The predicted octanol–water partition coefficient (Wildman–Crippen LogP) is 2.53. The van der Waals surface area contributed by atoms with E-state index < -0.39 is 0 Å². The van der Waals surface area contributed by atoms with Crippen LogP contribution < -0.4 is 5.73 Å². The Balaban J connectivity index is 2.68. The number of hydrogen-bond donors (Lipinski definition) is 1. The number of rotatable bonds is 5. The summed E-state index contributed by atoms with van der Waals surface area (Å²) in [5.74, 6) is 0.299. The first-order valence-electron chi connectivity index (χ1n) is 4.81. The zero-order chi connectivity index (χ0) is 10.4. The summed E-state index contributed by atoms with van der Waals surface area (Å²) in [7, 11) is 0. The Morgan fingerprint density at radius 2 is 2.29 bits per heavy atom. The monoisotopic (exact) mass is 257 g/mol. The topological polar surface area (TPSA) is 35.2 Å². The van der Waals surface area contributed by atoms with Crippen molar-refractivity contribution < 1.29 is 4.74 Å². The molecule has 1 atom stereocenters. The largest absolute Gasteiger partial charge is 0.381 e. The van der Waals surface area contributed by atoms with Crippen molar-refractivity contribution in [2.75, 3.05) is 19.8 Å². The second-order valence-electron chi connectivity index (χ2n) is 3.15. The molecule has 0 saturated heterocycles. The minimum Gasteiger partial charge on any atom is -0.381 e. The first-order valence-corrected chi connectivity index (χ1v) is 5.60.